The van der Waals surface area contributed by atoms with Crippen LogP contribution >= 0.6 is 0 Å². The number of benzene rings is 1. The molecule has 1 aromatic carbocycles. The van der Waals surface area contributed by atoms with E-state index in [4.69, 9.17) is 0 Å². The van der Waals surface area contributed by atoms with Gasteiger partial charge in [-0.25, -0.2) is 8.42 Å². The molecule has 1 saturated heterocycles. The first-order valence-electron chi connectivity index (χ1n) is 7.77. The van der Waals surface area contributed by atoms with Crippen molar-refractivity contribution in [3.05, 3.63) is 35.9 Å². The van der Waals surface area contributed by atoms with Crippen LogP contribution in [0.3, 0.4) is 0 Å². The van der Waals surface area contributed by atoms with Crippen LogP contribution in [0.25, 0.3) is 0 Å². The maximum Gasteiger partial charge on any atom is 0.151 e. The first-order chi connectivity index (χ1) is 9.75. The summed E-state index contributed by atoms with van der Waals surface area (Å²) in [5.41, 5.74) is 1.44. The molecule has 2 unspecified atom stereocenters. The number of hydrogen-bond acceptors (Lipinski definition) is 3. The van der Waals surface area contributed by atoms with Gasteiger partial charge in [-0.3, -0.25) is 0 Å². The highest BCUT2D eigenvalue weighted by Crippen LogP contribution is 2.30. The molecule has 1 heterocycles. The zero-order valence-electron chi connectivity index (χ0n) is 13.3. The second-order valence-electron chi connectivity index (χ2n) is 7.35. The molecule has 1 aliphatic heterocycles. The van der Waals surface area contributed by atoms with E-state index in [1.807, 2.05) is 18.2 Å². The minimum Gasteiger partial charge on any atom is -0.306 e. The average molecular weight is 309 g/mol. The molecule has 0 amide bonds. The third-order valence-electron chi connectivity index (χ3n) is 3.92. The van der Waals surface area contributed by atoms with E-state index < -0.39 is 9.84 Å². The summed E-state index contributed by atoms with van der Waals surface area (Å²) in [6.45, 7) is 6.67. The first kappa shape index (κ1) is 16.5. The van der Waals surface area contributed by atoms with E-state index in [2.05, 4.69) is 38.2 Å². The number of sulfone groups is 1. The lowest BCUT2D eigenvalue weighted by atomic mass is 9.85. The minimum atomic E-state index is -2.87. The summed E-state index contributed by atoms with van der Waals surface area (Å²) in [5, 5.41) is 3.61. The highest BCUT2D eigenvalue weighted by Gasteiger charge is 2.28. The van der Waals surface area contributed by atoms with Gasteiger partial charge in [-0.2, -0.15) is 0 Å². The molecule has 2 rings (SSSR count). The zero-order chi connectivity index (χ0) is 15.5. The van der Waals surface area contributed by atoms with Crippen LogP contribution in [0, 0.1) is 5.41 Å². The van der Waals surface area contributed by atoms with Crippen LogP contribution in [-0.2, 0) is 9.84 Å². The Kier molecular flexibility index (Phi) is 5.10. The predicted molar refractivity (Wildman–Crippen MR) is 88.1 cm³/mol. The second-order valence-corrected chi connectivity index (χ2v) is 9.58. The summed E-state index contributed by atoms with van der Waals surface area (Å²) >= 11 is 0. The Bertz CT molecular complexity index is 546. The fourth-order valence-electron chi connectivity index (χ4n) is 3.01. The Labute approximate surface area is 129 Å². The molecule has 1 aromatic rings. The third kappa shape index (κ3) is 5.44. The average Bonchev–Trinajstić information content (AvgIpc) is 2.36. The number of hydrogen-bond donors (Lipinski definition) is 1. The van der Waals surface area contributed by atoms with Crippen molar-refractivity contribution in [2.24, 2.45) is 5.41 Å². The number of nitrogens with one attached hydrogen (secondary N) is 1. The van der Waals surface area contributed by atoms with Crippen LogP contribution in [0.15, 0.2) is 30.3 Å². The molecule has 1 aliphatic rings. The maximum atomic E-state index is 11.8. The van der Waals surface area contributed by atoms with Gasteiger partial charge >= 0.3 is 0 Å². The normalized spacial score (nSPS) is 23.7. The van der Waals surface area contributed by atoms with Crippen LogP contribution < -0.4 is 5.32 Å². The van der Waals surface area contributed by atoms with Crippen LogP contribution in [-0.4, -0.2) is 26.0 Å². The standard InChI is InChI=1S/C17H27NO2S/c1-17(2,3)12-16(14-8-5-4-6-9-14)18-15-10-7-11-21(19,20)13-15/h4-6,8-9,15-16,18H,7,10-13H2,1-3H3. The van der Waals surface area contributed by atoms with Gasteiger partial charge in [0.25, 0.3) is 0 Å². The fourth-order valence-corrected chi connectivity index (χ4v) is 4.66. The summed E-state index contributed by atoms with van der Waals surface area (Å²) < 4.78 is 23.6. The lowest BCUT2D eigenvalue weighted by molar-refractivity contribution is 0.291. The molecule has 0 aliphatic carbocycles. The molecule has 0 aromatic heterocycles. The molecule has 3 nitrogen and oxygen atoms in total. The van der Waals surface area contributed by atoms with Crippen LogP contribution in [0.4, 0.5) is 0 Å². The summed E-state index contributed by atoms with van der Waals surface area (Å²) in [6, 6.07) is 10.7. The highest BCUT2D eigenvalue weighted by molar-refractivity contribution is 7.91. The maximum absolute atomic E-state index is 11.8. The first-order valence-corrected chi connectivity index (χ1v) is 9.59. The molecule has 2 atom stereocenters. The molecule has 0 bridgehead atoms. The Hall–Kier alpha value is -0.870. The lowest BCUT2D eigenvalue weighted by Gasteiger charge is -2.32. The van der Waals surface area contributed by atoms with Gasteiger partial charge in [-0.05, 0) is 30.2 Å². The van der Waals surface area contributed by atoms with Crippen LogP contribution in [0.5, 0.6) is 0 Å². The molecule has 4 heteroatoms. The van der Waals surface area contributed by atoms with Gasteiger partial charge in [-0.15, -0.1) is 0 Å². The van der Waals surface area contributed by atoms with Gasteiger partial charge < -0.3 is 5.32 Å². The SMILES string of the molecule is CC(C)(C)CC(NC1CCCS(=O)(=O)C1)c1ccccc1. The van der Waals surface area contributed by atoms with Crippen LogP contribution in [0.2, 0.25) is 0 Å². The van der Waals surface area contributed by atoms with Crippen molar-refractivity contribution in [2.75, 3.05) is 11.5 Å². The van der Waals surface area contributed by atoms with Crippen LogP contribution in [0.1, 0.15) is 51.6 Å². The minimum absolute atomic E-state index is 0.0799. The van der Waals surface area contributed by atoms with E-state index in [1.165, 1.54) is 5.56 Å². The quantitative estimate of drug-likeness (QED) is 0.928. The van der Waals surface area contributed by atoms with E-state index in [0.29, 0.717) is 5.75 Å². The summed E-state index contributed by atoms with van der Waals surface area (Å²) in [5.74, 6) is 0.626. The smallest absolute Gasteiger partial charge is 0.151 e. The van der Waals surface area contributed by atoms with E-state index in [0.717, 1.165) is 19.3 Å². The van der Waals surface area contributed by atoms with Gasteiger partial charge in [0.2, 0.25) is 0 Å². The van der Waals surface area contributed by atoms with Gasteiger partial charge in [0.05, 0.1) is 11.5 Å². The summed E-state index contributed by atoms with van der Waals surface area (Å²) in [4.78, 5) is 0. The van der Waals surface area contributed by atoms with Crippen molar-refractivity contribution in [1.29, 1.82) is 0 Å². The van der Waals surface area contributed by atoms with Gasteiger partial charge in [0, 0.05) is 12.1 Å². The monoisotopic (exact) mass is 309 g/mol. The molecule has 0 saturated carbocycles. The van der Waals surface area contributed by atoms with Gasteiger partial charge in [0.1, 0.15) is 0 Å². The van der Waals surface area contributed by atoms with E-state index in [-0.39, 0.29) is 23.3 Å². The summed E-state index contributed by atoms with van der Waals surface area (Å²) in [7, 11) is -2.87. The Morgan fingerprint density at radius 3 is 2.48 bits per heavy atom. The topological polar surface area (TPSA) is 46.2 Å². The highest BCUT2D eigenvalue weighted by atomic mass is 32.2. The fraction of sp³-hybridized carbons (Fsp3) is 0.647. The largest absolute Gasteiger partial charge is 0.306 e. The van der Waals surface area contributed by atoms with Gasteiger partial charge in [-0.1, -0.05) is 51.1 Å². The van der Waals surface area contributed by atoms with E-state index in [1.54, 1.807) is 0 Å². The Morgan fingerprint density at radius 2 is 1.90 bits per heavy atom. The molecule has 1 fully saturated rings. The lowest BCUT2D eigenvalue weighted by Crippen LogP contribution is -2.42. The molecule has 0 radical (unpaired) electrons. The van der Waals surface area contributed by atoms with Crippen molar-refractivity contribution < 1.29 is 8.42 Å². The molecular weight excluding hydrogens is 282 g/mol. The zero-order valence-corrected chi connectivity index (χ0v) is 14.1. The van der Waals surface area contributed by atoms with Crippen molar-refractivity contribution in [2.45, 2.75) is 52.1 Å². The summed E-state index contributed by atoms with van der Waals surface area (Å²) in [6.07, 6.45) is 2.72. The molecule has 0 spiro atoms. The second kappa shape index (κ2) is 6.49. The van der Waals surface area contributed by atoms with Crippen molar-refractivity contribution in [3.8, 4) is 0 Å². The molecule has 1 N–H and O–H groups in total. The van der Waals surface area contributed by atoms with Gasteiger partial charge in [0.15, 0.2) is 9.84 Å². The Balaban J connectivity index is 2.13. The van der Waals surface area contributed by atoms with Crippen molar-refractivity contribution in [1.82, 2.24) is 5.32 Å². The van der Waals surface area contributed by atoms with E-state index in [9.17, 15) is 8.42 Å². The van der Waals surface area contributed by atoms with Crippen molar-refractivity contribution in [3.63, 3.8) is 0 Å². The van der Waals surface area contributed by atoms with Crippen molar-refractivity contribution >= 4 is 9.84 Å². The molecular formula is C17H27NO2S. The third-order valence-corrected chi connectivity index (χ3v) is 5.74. The molecule has 118 valence electrons. The predicted octanol–water partition coefficient (Wildman–Crippen LogP) is 3.33. The number of rotatable bonds is 4. The van der Waals surface area contributed by atoms with E-state index >= 15 is 0 Å². The molecule has 21 heavy (non-hydrogen) atoms. The Morgan fingerprint density at radius 1 is 1.24 bits per heavy atom.